The Kier molecular flexibility index (Phi) is 6.97. The average Bonchev–Trinajstić information content (AvgIpc) is 2.13. The summed E-state index contributed by atoms with van der Waals surface area (Å²) < 4.78 is 18.5. The summed E-state index contributed by atoms with van der Waals surface area (Å²) in [4.78, 5) is 0. The fourth-order valence-corrected chi connectivity index (χ4v) is 3.75. The molecule has 1 unspecified atom stereocenters. The normalized spacial score (nSPS) is 16.1. The van der Waals surface area contributed by atoms with Crippen LogP contribution in [-0.2, 0) is 4.43 Å². The Morgan fingerprint density at radius 1 is 1.16 bits per heavy atom. The van der Waals surface area contributed by atoms with Crippen molar-refractivity contribution in [1.82, 2.24) is 0 Å². The van der Waals surface area contributed by atoms with Gasteiger partial charge in [0.25, 0.3) is 0 Å². The Morgan fingerprint density at radius 2 is 1.68 bits per heavy atom. The molecule has 0 fully saturated rings. The van der Waals surface area contributed by atoms with Crippen molar-refractivity contribution in [3.8, 4) is 0 Å². The molecule has 0 aromatic rings. The summed E-state index contributed by atoms with van der Waals surface area (Å²) >= 11 is 0. The minimum atomic E-state index is -1.71. The summed E-state index contributed by atoms with van der Waals surface area (Å²) in [5, 5.41) is 0.245. The summed E-state index contributed by atoms with van der Waals surface area (Å²) in [5.41, 5.74) is -0.0812. The van der Waals surface area contributed by atoms with E-state index in [1.807, 2.05) is 0 Å². The number of rotatable bonds is 7. The number of allylic oxidation sites excluding steroid dienone is 1. The van der Waals surface area contributed by atoms with E-state index in [1.54, 1.807) is 6.08 Å². The first-order valence-corrected chi connectivity index (χ1v) is 10.3. The SMILES string of the molecule is CC(C=CF)CCCC(C)(C)O[Si](C)(C)C(C)(C)C. The Bertz CT molecular complexity index is 290. The standard InChI is InChI=1S/C16H33FOSi/c1-14(11-13-17)10-9-12-16(5,6)18-19(7,8)15(2,3)4/h11,13-14H,9-10,12H2,1-8H3. The van der Waals surface area contributed by atoms with E-state index in [9.17, 15) is 4.39 Å². The second kappa shape index (κ2) is 7.03. The van der Waals surface area contributed by atoms with Crippen molar-refractivity contribution >= 4 is 8.32 Å². The van der Waals surface area contributed by atoms with Crippen LogP contribution >= 0.6 is 0 Å². The lowest BCUT2D eigenvalue weighted by molar-refractivity contribution is 0.0788. The van der Waals surface area contributed by atoms with Gasteiger partial charge in [0.1, 0.15) is 0 Å². The van der Waals surface area contributed by atoms with Gasteiger partial charge in [-0.3, -0.25) is 0 Å². The third-order valence-electron chi connectivity index (χ3n) is 4.18. The van der Waals surface area contributed by atoms with Crippen molar-refractivity contribution in [3.63, 3.8) is 0 Å². The molecule has 0 heterocycles. The quantitative estimate of drug-likeness (QED) is 0.516. The summed E-state index contributed by atoms with van der Waals surface area (Å²) in [5.74, 6) is 0.314. The van der Waals surface area contributed by atoms with Crippen LogP contribution in [0.5, 0.6) is 0 Å². The van der Waals surface area contributed by atoms with Gasteiger partial charge in [0, 0.05) is 0 Å². The Hall–Kier alpha value is -0.153. The molecular weight excluding hydrogens is 255 g/mol. The van der Waals surface area contributed by atoms with Gasteiger partial charge in [0.15, 0.2) is 8.32 Å². The van der Waals surface area contributed by atoms with Gasteiger partial charge in [-0.15, -0.1) is 0 Å². The molecule has 0 aliphatic heterocycles. The van der Waals surface area contributed by atoms with E-state index < -0.39 is 8.32 Å². The van der Waals surface area contributed by atoms with Gasteiger partial charge in [-0.05, 0) is 50.7 Å². The number of hydrogen-bond donors (Lipinski definition) is 0. The van der Waals surface area contributed by atoms with Crippen LogP contribution in [-0.4, -0.2) is 13.9 Å². The molecule has 0 amide bonds. The number of halogens is 1. The Labute approximate surface area is 120 Å². The van der Waals surface area contributed by atoms with E-state index in [0.717, 1.165) is 19.3 Å². The topological polar surface area (TPSA) is 9.23 Å². The molecule has 0 rings (SSSR count). The third-order valence-corrected chi connectivity index (χ3v) is 8.85. The minimum absolute atomic E-state index is 0.0812. The molecule has 0 saturated carbocycles. The summed E-state index contributed by atoms with van der Waals surface area (Å²) in [6, 6.07) is 0. The molecule has 0 spiro atoms. The molecule has 114 valence electrons. The second-order valence-corrected chi connectivity index (χ2v) is 12.5. The monoisotopic (exact) mass is 288 g/mol. The largest absolute Gasteiger partial charge is 0.412 e. The predicted octanol–water partition coefficient (Wildman–Crippen LogP) is 6.08. The van der Waals surface area contributed by atoms with Crippen LogP contribution in [0.15, 0.2) is 12.4 Å². The smallest absolute Gasteiger partial charge is 0.192 e. The van der Waals surface area contributed by atoms with E-state index in [2.05, 4.69) is 54.6 Å². The van der Waals surface area contributed by atoms with Gasteiger partial charge >= 0.3 is 0 Å². The number of hydrogen-bond acceptors (Lipinski definition) is 1. The van der Waals surface area contributed by atoms with Gasteiger partial charge in [-0.25, -0.2) is 4.39 Å². The van der Waals surface area contributed by atoms with Gasteiger partial charge in [-0.1, -0.05) is 40.2 Å². The molecule has 0 radical (unpaired) electrons. The fourth-order valence-electron chi connectivity index (χ4n) is 1.97. The van der Waals surface area contributed by atoms with Crippen LogP contribution in [0.3, 0.4) is 0 Å². The maximum Gasteiger partial charge on any atom is 0.192 e. The maximum atomic E-state index is 12.1. The first kappa shape index (κ1) is 18.8. The van der Waals surface area contributed by atoms with Gasteiger partial charge in [-0.2, -0.15) is 0 Å². The van der Waals surface area contributed by atoms with Crippen LogP contribution in [0.4, 0.5) is 4.39 Å². The first-order valence-electron chi connectivity index (χ1n) is 7.38. The molecule has 0 N–H and O–H groups in total. The third kappa shape index (κ3) is 7.26. The van der Waals surface area contributed by atoms with E-state index >= 15 is 0 Å². The van der Waals surface area contributed by atoms with E-state index in [1.165, 1.54) is 0 Å². The molecule has 1 atom stereocenters. The summed E-state index contributed by atoms with van der Waals surface area (Å²) in [6.45, 7) is 17.8. The Balaban J connectivity index is 4.33. The van der Waals surface area contributed by atoms with Gasteiger partial charge in [0.05, 0.1) is 11.9 Å². The van der Waals surface area contributed by atoms with Crippen molar-refractivity contribution in [3.05, 3.63) is 12.4 Å². The molecule has 0 aliphatic rings. The van der Waals surface area contributed by atoms with Crippen LogP contribution in [0, 0.1) is 5.92 Å². The zero-order valence-corrected chi connectivity index (χ0v) is 15.1. The van der Waals surface area contributed by atoms with E-state index in [-0.39, 0.29) is 10.6 Å². The molecule has 3 heteroatoms. The maximum absolute atomic E-state index is 12.1. The highest BCUT2D eigenvalue weighted by Crippen LogP contribution is 2.40. The molecule has 0 bridgehead atoms. The molecule has 19 heavy (non-hydrogen) atoms. The highest BCUT2D eigenvalue weighted by atomic mass is 28.4. The molecule has 1 nitrogen and oxygen atoms in total. The minimum Gasteiger partial charge on any atom is -0.412 e. The molecule has 0 aliphatic carbocycles. The van der Waals surface area contributed by atoms with Crippen LogP contribution in [0.2, 0.25) is 18.1 Å². The summed E-state index contributed by atoms with van der Waals surface area (Å²) in [7, 11) is -1.71. The zero-order chi connectivity index (χ0) is 15.3. The lowest BCUT2D eigenvalue weighted by Crippen LogP contribution is -2.47. The first-order chi connectivity index (χ1) is 8.41. The highest BCUT2D eigenvalue weighted by Gasteiger charge is 2.41. The molecule has 0 saturated heterocycles. The van der Waals surface area contributed by atoms with E-state index in [0.29, 0.717) is 12.2 Å². The van der Waals surface area contributed by atoms with Crippen molar-refractivity contribution in [2.75, 3.05) is 0 Å². The van der Waals surface area contributed by atoms with Crippen molar-refractivity contribution in [2.24, 2.45) is 5.92 Å². The average molecular weight is 289 g/mol. The predicted molar refractivity (Wildman–Crippen MR) is 85.6 cm³/mol. The van der Waals surface area contributed by atoms with Gasteiger partial charge < -0.3 is 4.43 Å². The van der Waals surface area contributed by atoms with Crippen LogP contribution in [0.25, 0.3) is 0 Å². The highest BCUT2D eigenvalue weighted by molar-refractivity contribution is 6.74. The summed E-state index contributed by atoms with van der Waals surface area (Å²) in [6.07, 6.45) is 5.41. The molecule has 0 aromatic heterocycles. The Morgan fingerprint density at radius 3 is 2.11 bits per heavy atom. The van der Waals surface area contributed by atoms with Crippen molar-refractivity contribution < 1.29 is 8.82 Å². The second-order valence-electron chi connectivity index (χ2n) is 7.81. The fraction of sp³-hybridized carbons (Fsp3) is 0.875. The molecular formula is C16H33FOSi. The van der Waals surface area contributed by atoms with Crippen LogP contribution < -0.4 is 0 Å². The lowest BCUT2D eigenvalue weighted by Gasteiger charge is -2.43. The van der Waals surface area contributed by atoms with Gasteiger partial charge in [0.2, 0.25) is 0 Å². The zero-order valence-electron chi connectivity index (χ0n) is 14.1. The van der Waals surface area contributed by atoms with Crippen molar-refractivity contribution in [2.45, 2.75) is 84.5 Å². The lowest BCUT2D eigenvalue weighted by atomic mass is 9.97. The molecule has 0 aromatic carbocycles. The van der Waals surface area contributed by atoms with E-state index in [4.69, 9.17) is 4.43 Å². The van der Waals surface area contributed by atoms with Crippen LogP contribution in [0.1, 0.15) is 60.8 Å². The van der Waals surface area contributed by atoms with Crippen molar-refractivity contribution in [1.29, 1.82) is 0 Å².